The Labute approximate surface area is 202 Å². The number of carboxylic acid groups (broad SMARTS) is 1. The quantitative estimate of drug-likeness (QED) is 0.113. The van der Waals surface area contributed by atoms with Gasteiger partial charge < -0.3 is 38.3 Å². The second-order valence-electron chi connectivity index (χ2n) is 7.90. The van der Waals surface area contributed by atoms with Crippen molar-refractivity contribution in [3.8, 4) is 0 Å². The molecule has 0 heterocycles. The van der Waals surface area contributed by atoms with Crippen molar-refractivity contribution in [1.29, 1.82) is 0 Å². The highest BCUT2D eigenvalue weighted by Gasteiger charge is 2.33. The average Bonchev–Trinajstić information content (AvgIpc) is 2.76. The van der Waals surface area contributed by atoms with E-state index in [1.54, 1.807) is 13.8 Å². The van der Waals surface area contributed by atoms with Gasteiger partial charge in [-0.15, -0.1) is 0 Å². The van der Waals surface area contributed by atoms with Gasteiger partial charge >= 0.3 is 5.97 Å². The molecule has 0 saturated heterocycles. The molecule has 0 aliphatic heterocycles. The minimum absolute atomic E-state index is 0.285. The number of primary amides is 2. The van der Waals surface area contributed by atoms with Gasteiger partial charge in [0.15, 0.2) is 0 Å². The SMILES string of the molecule is CCC(C)C(NC(=O)C(N)CCSC)C(=O)NC(CC(N)=O)C(=O)NC(CCC(N)=O)C(=O)O. The average molecular weight is 505 g/mol. The molecule has 0 aliphatic rings. The molecule has 0 aromatic rings. The monoisotopic (exact) mass is 504 g/mol. The van der Waals surface area contributed by atoms with Crippen LogP contribution in [0.1, 0.15) is 46.0 Å². The van der Waals surface area contributed by atoms with E-state index < -0.39 is 66.1 Å². The van der Waals surface area contributed by atoms with Gasteiger partial charge in [0.2, 0.25) is 29.5 Å². The van der Waals surface area contributed by atoms with Crippen LogP contribution >= 0.6 is 11.8 Å². The Morgan fingerprint density at radius 1 is 0.882 bits per heavy atom. The molecule has 0 radical (unpaired) electrons. The summed E-state index contributed by atoms with van der Waals surface area (Å²) in [6.45, 7) is 3.51. The van der Waals surface area contributed by atoms with Crippen molar-refractivity contribution in [2.75, 3.05) is 12.0 Å². The molecule has 0 saturated carbocycles. The summed E-state index contributed by atoms with van der Waals surface area (Å²) in [4.78, 5) is 71.9. The topological polar surface area (TPSA) is 237 Å². The predicted octanol–water partition coefficient (Wildman–Crippen LogP) is -2.21. The minimum Gasteiger partial charge on any atom is -0.480 e. The summed E-state index contributed by atoms with van der Waals surface area (Å²) in [5.41, 5.74) is 16.1. The Morgan fingerprint density at radius 2 is 1.47 bits per heavy atom. The number of hydrogen-bond donors (Lipinski definition) is 7. The van der Waals surface area contributed by atoms with Crippen molar-refractivity contribution in [3.63, 3.8) is 0 Å². The summed E-state index contributed by atoms with van der Waals surface area (Å²) in [6, 6.07) is -4.88. The maximum Gasteiger partial charge on any atom is 0.326 e. The maximum atomic E-state index is 13.0. The lowest BCUT2D eigenvalue weighted by molar-refractivity contribution is -0.142. The van der Waals surface area contributed by atoms with Crippen LogP contribution < -0.4 is 33.2 Å². The highest BCUT2D eigenvalue weighted by molar-refractivity contribution is 7.98. The standard InChI is InChI=1S/C20H36N6O7S/c1-4-10(2)16(26-17(29)11(21)7-8-34-3)19(31)25-13(9-15(23)28)18(30)24-12(20(32)33)5-6-14(22)27/h10-13,16H,4-9,21H2,1-3H3,(H2,22,27)(H2,23,28)(H,24,30)(H,25,31)(H,26,29)(H,32,33). The summed E-state index contributed by atoms with van der Waals surface area (Å²) in [6.07, 6.45) is 1.56. The number of nitrogens with one attached hydrogen (secondary N) is 3. The number of thioether (sulfide) groups is 1. The number of carboxylic acids is 1. The fourth-order valence-electron chi connectivity index (χ4n) is 2.83. The second kappa shape index (κ2) is 15.9. The normalized spacial score (nSPS) is 15.2. The van der Waals surface area contributed by atoms with Crippen molar-refractivity contribution in [3.05, 3.63) is 0 Å². The molecule has 0 aromatic heterocycles. The third kappa shape index (κ3) is 11.8. The van der Waals surface area contributed by atoms with E-state index in [-0.39, 0.29) is 18.8 Å². The number of carbonyl (C=O) groups is 6. The molecule has 0 fully saturated rings. The van der Waals surface area contributed by atoms with Gasteiger partial charge in [-0.25, -0.2) is 4.79 Å². The summed E-state index contributed by atoms with van der Waals surface area (Å²) < 4.78 is 0. The van der Waals surface area contributed by atoms with Crippen LogP contribution in [0, 0.1) is 5.92 Å². The Hall–Kier alpha value is -2.87. The van der Waals surface area contributed by atoms with Gasteiger partial charge in [-0.3, -0.25) is 24.0 Å². The van der Waals surface area contributed by atoms with Gasteiger partial charge in [-0.2, -0.15) is 11.8 Å². The molecule has 5 amide bonds. The van der Waals surface area contributed by atoms with E-state index in [1.807, 2.05) is 6.26 Å². The number of carbonyl (C=O) groups excluding carboxylic acids is 5. The molecule has 0 bridgehead atoms. The van der Waals surface area contributed by atoms with E-state index in [4.69, 9.17) is 17.2 Å². The van der Waals surface area contributed by atoms with Gasteiger partial charge in [0.25, 0.3) is 0 Å². The zero-order chi connectivity index (χ0) is 26.4. The zero-order valence-electron chi connectivity index (χ0n) is 19.7. The first kappa shape index (κ1) is 31.1. The number of aliphatic carboxylic acids is 1. The summed E-state index contributed by atoms with van der Waals surface area (Å²) in [7, 11) is 0. The zero-order valence-corrected chi connectivity index (χ0v) is 20.5. The van der Waals surface area contributed by atoms with E-state index in [1.165, 1.54) is 11.8 Å². The van der Waals surface area contributed by atoms with Crippen LogP contribution in [0.3, 0.4) is 0 Å². The Morgan fingerprint density at radius 3 is 1.94 bits per heavy atom. The van der Waals surface area contributed by atoms with Gasteiger partial charge in [0.05, 0.1) is 12.5 Å². The van der Waals surface area contributed by atoms with Crippen LogP contribution in [0.4, 0.5) is 0 Å². The smallest absolute Gasteiger partial charge is 0.326 e. The number of rotatable bonds is 17. The molecule has 34 heavy (non-hydrogen) atoms. The molecule has 0 rings (SSSR count). The van der Waals surface area contributed by atoms with E-state index in [0.29, 0.717) is 18.6 Å². The molecule has 5 unspecified atom stereocenters. The van der Waals surface area contributed by atoms with Crippen molar-refractivity contribution >= 4 is 47.3 Å². The van der Waals surface area contributed by atoms with Crippen LogP contribution in [0.15, 0.2) is 0 Å². The molecule has 194 valence electrons. The molecule has 0 aromatic carbocycles. The van der Waals surface area contributed by atoms with Gasteiger partial charge in [-0.05, 0) is 30.8 Å². The highest BCUT2D eigenvalue weighted by atomic mass is 32.2. The molecular formula is C20H36N6O7S. The highest BCUT2D eigenvalue weighted by Crippen LogP contribution is 2.10. The molecule has 0 aliphatic carbocycles. The van der Waals surface area contributed by atoms with Gasteiger partial charge in [0.1, 0.15) is 18.1 Å². The lowest BCUT2D eigenvalue weighted by atomic mass is 9.97. The Kier molecular flexibility index (Phi) is 14.5. The van der Waals surface area contributed by atoms with Crippen LogP contribution in [0.5, 0.6) is 0 Å². The van der Waals surface area contributed by atoms with Crippen molar-refractivity contribution in [2.45, 2.75) is 70.1 Å². The third-order valence-corrected chi connectivity index (χ3v) is 5.74. The fraction of sp³-hybridized carbons (Fsp3) is 0.700. The van der Waals surface area contributed by atoms with Crippen molar-refractivity contribution in [2.24, 2.45) is 23.1 Å². The van der Waals surface area contributed by atoms with Crippen molar-refractivity contribution < 1.29 is 33.9 Å². The fourth-order valence-corrected chi connectivity index (χ4v) is 3.32. The Bertz CT molecular complexity index is 751. The van der Waals surface area contributed by atoms with E-state index in [9.17, 15) is 33.9 Å². The molecular weight excluding hydrogens is 468 g/mol. The number of nitrogens with two attached hydrogens (primary N) is 3. The lowest BCUT2D eigenvalue weighted by Crippen LogP contribution is -2.59. The molecule has 5 atom stereocenters. The van der Waals surface area contributed by atoms with Crippen LogP contribution in [-0.4, -0.2) is 76.8 Å². The minimum atomic E-state index is -1.51. The van der Waals surface area contributed by atoms with E-state index >= 15 is 0 Å². The van der Waals surface area contributed by atoms with Gasteiger partial charge in [0, 0.05) is 6.42 Å². The van der Waals surface area contributed by atoms with Crippen molar-refractivity contribution in [1.82, 2.24) is 16.0 Å². The molecule has 14 heteroatoms. The first-order chi connectivity index (χ1) is 15.8. The molecule has 10 N–H and O–H groups in total. The Balaban J connectivity index is 5.53. The third-order valence-electron chi connectivity index (χ3n) is 5.10. The van der Waals surface area contributed by atoms with Crippen LogP contribution in [0.25, 0.3) is 0 Å². The summed E-state index contributed by atoms with van der Waals surface area (Å²) in [5.74, 6) is -5.10. The predicted molar refractivity (Wildman–Crippen MR) is 126 cm³/mol. The first-order valence-electron chi connectivity index (χ1n) is 10.8. The van der Waals surface area contributed by atoms with E-state index in [0.717, 1.165) is 0 Å². The maximum absolute atomic E-state index is 13.0. The lowest BCUT2D eigenvalue weighted by Gasteiger charge is -2.27. The van der Waals surface area contributed by atoms with E-state index in [2.05, 4.69) is 16.0 Å². The first-order valence-corrected chi connectivity index (χ1v) is 12.2. The molecule has 13 nitrogen and oxygen atoms in total. The van der Waals surface area contributed by atoms with Crippen LogP contribution in [0.2, 0.25) is 0 Å². The van der Waals surface area contributed by atoms with Gasteiger partial charge in [-0.1, -0.05) is 20.3 Å². The largest absolute Gasteiger partial charge is 0.480 e. The number of hydrogen-bond acceptors (Lipinski definition) is 8. The number of amides is 5. The summed E-state index contributed by atoms with van der Waals surface area (Å²) in [5, 5.41) is 16.4. The molecule has 0 spiro atoms. The van der Waals surface area contributed by atoms with Crippen LogP contribution in [-0.2, 0) is 28.8 Å². The summed E-state index contributed by atoms with van der Waals surface area (Å²) >= 11 is 1.52. The second-order valence-corrected chi connectivity index (χ2v) is 8.88.